The highest BCUT2D eigenvalue weighted by Gasteiger charge is 2.36. The van der Waals surface area contributed by atoms with Gasteiger partial charge in [-0.25, -0.2) is 0 Å². The van der Waals surface area contributed by atoms with E-state index in [1.165, 1.54) is 19.3 Å². The monoisotopic (exact) mass is 225 g/mol. The van der Waals surface area contributed by atoms with Gasteiger partial charge in [0.05, 0.1) is 0 Å². The topological polar surface area (TPSA) is 20.3 Å². The molecule has 1 rings (SSSR count). The summed E-state index contributed by atoms with van der Waals surface area (Å²) in [5.74, 6) is 0.413. The molecule has 0 bridgehead atoms. The molecule has 1 fully saturated rings. The van der Waals surface area contributed by atoms with Gasteiger partial charge in [-0.05, 0) is 25.7 Å². The second-order valence-electron chi connectivity index (χ2n) is 5.41. The molecule has 0 unspecified atom stereocenters. The lowest BCUT2D eigenvalue weighted by Crippen LogP contribution is -2.44. The van der Waals surface area contributed by atoms with Crippen LogP contribution in [0.2, 0.25) is 0 Å². The standard InChI is InChI=1S/C14H27NO/c1-4-11-15(12-5-2)13(16)14(3)9-7-6-8-10-14/h4-12H2,1-3H3. The van der Waals surface area contributed by atoms with Gasteiger partial charge in [0.25, 0.3) is 0 Å². The molecule has 0 saturated heterocycles. The number of hydrogen-bond acceptors (Lipinski definition) is 1. The third kappa shape index (κ3) is 3.23. The van der Waals surface area contributed by atoms with E-state index in [2.05, 4.69) is 25.7 Å². The van der Waals surface area contributed by atoms with Gasteiger partial charge in [-0.3, -0.25) is 4.79 Å². The van der Waals surface area contributed by atoms with Gasteiger partial charge in [-0.2, -0.15) is 0 Å². The fraction of sp³-hybridized carbons (Fsp3) is 0.929. The normalized spacial score (nSPS) is 19.4. The van der Waals surface area contributed by atoms with Crippen molar-refractivity contribution in [1.82, 2.24) is 4.90 Å². The lowest BCUT2D eigenvalue weighted by Gasteiger charge is -2.37. The van der Waals surface area contributed by atoms with Crippen molar-refractivity contribution in [2.24, 2.45) is 5.41 Å². The number of carbonyl (C=O) groups is 1. The zero-order valence-electron chi connectivity index (χ0n) is 11.2. The summed E-state index contributed by atoms with van der Waals surface area (Å²) >= 11 is 0. The molecule has 0 aromatic carbocycles. The number of rotatable bonds is 5. The first-order valence-corrected chi connectivity index (χ1v) is 6.93. The molecule has 0 radical (unpaired) electrons. The van der Waals surface area contributed by atoms with Crippen molar-refractivity contribution in [3.63, 3.8) is 0 Å². The van der Waals surface area contributed by atoms with Crippen LogP contribution in [0.4, 0.5) is 0 Å². The molecule has 0 spiro atoms. The highest BCUT2D eigenvalue weighted by Crippen LogP contribution is 2.37. The van der Waals surface area contributed by atoms with E-state index in [4.69, 9.17) is 0 Å². The molecule has 1 aliphatic rings. The van der Waals surface area contributed by atoms with Gasteiger partial charge in [0, 0.05) is 18.5 Å². The van der Waals surface area contributed by atoms with Crippen molar-refractivity contribution in [1.29, 1.82) is 0 Å². The SMILES string of the molecule is CCCN(CCC)C(=O)C1(C)CCCCC1. The van der Waals surface area contributed by atoms with Crippen LogP contribution in [0.1, 0.15) is 65.7 Å². The van der Waals surface area contributed by atoms with Crippen LogP contribution in [0.5, 0.6) is 0 Å². The van der Waals surface area contributed by atoms with Crippen LogP contribution >= 0.6 is 0 Å². The molecular formula is C14H27NO. The first kappa shape index (κ1) is 13.5. The maximum Gasteiger partial charge on any atom is 0.228 e. The van der Waals surface area contributed by atoms with Crippen molar-refractivity contribution in [2.45, 2.75) is 65.7 Å². The van der Waals surface area contributed by atoms with Crippen molar-refractivity contribution in [2.75, 3.05) is 13.1 Å². The zero-order valence-corrected chi connectivity index (χ0v) is 11.2. The van der Waals surface area contributed by atoms with Crippen LogP contribution in [0.15, 0.2) is 0 Å². The van der Waals surface area contributed by atoms with Crippen LogP contribution in [-0.2, 0) is 4.79 Å². The Morgan fingerprint density at radius 3 is 2.00 bits per heavy atom. The largest absolute Gasteiger partial charge is 0.342 e. The minimum absolute atomic E-state index is 0.0530. The number of nitrogens with zero attached hydrogens (tertiary/aromatic N) is 1. The second kappa shape index (κ2) is 6.27. The van der Waals surface area contributed by atoms with E-state index in [1.807, 2.05) is 0 Å². The molecule has 2 heteroatoms. The molecule has 1 saturated carbocycles. The fourth-order valence-corrected chi connectivity index (χ4v) is 2.78. The summed E-state index contributed by atoms with van der Waals surface area (Å²) in [6, 6.07) is 0. The Bertz CT molecular complexity index is 213. The second-order valence-corrected chi connectivity index (χ2v) is 5.41. The van der Waals surface area contributed by atoms with Crippen LogP contribution in [-0.4, -0.2) is 23.9 Å². The van der Waals surface area contributed by atoms with E-state index >= 15 is 0 Å². The molecule has 16 heavy (non-hydrogen) atoms. The first-order valence-electron chi connectivity index (χ1n) is 6.93. The van der Waals surface area contributed by atoms with Gasteiger partial charge in [-0.1, -0.05) is 40.0 Å². The molecule has 2 nitrogen and oxygen atoms in total. The molecule has 0 aliphatic heterocycles. The Kier molecular flexibility index (Phi) is 5.30. The zero-order chi connectivity index (χ0) is 12.0. The maximum absolute atomic E-state index is 12.5. The average Bonchev–Trinajstić information content (AvgIpc) is 2.29. The minimum atomic E-state index is -0.0530. The maximum atomic E-state index is 12.5. The molecule has 0 aromatic rings. The Morgan fingerprint density at radius 1 is 1.06 bits per heavy atom. The lowest BCUT2D eigenvalue weighted by atomic mass is 9.74. The highest BCUT2D eigenvalue weighted by atomic mass is 16.2. The summed E-state index contributed by atoms with van der Waals surface area (Å²) in [5, 5.41) is 0. The van der Waals surface area contributed by atoms with Gasteiger partial charge in [0.1, 0.15) is 0 Å². The number of amides is 1. The third-order valence-corrected chi connectivity index (χ3v) is 3.75. The summed E-state index contributed by atoms with van der Waals surface area (Å²) in [7, 11) is 0. The smallest absolute Gasteiger partial charge is 0.228 e. The number of hydrogen-bond donors (Lipinski definition) is 0. The first-order chi connectivity index (χ1) is 7.64. The average molecular weight is 225 g/mol. The van der Waals surface area contributed by atoms with E-state index < -0.39 is 0 Å². The summed E-state index contributed by atoms with van der Waals surface area (Å²) in [6.07, 6.45) is 8.10. The lowest BCUT2D eigenvalue weighted by molar-refractivity contribution is -0.143. The van der Waals surface area contributed by atoms with Crippen molar-refractivity contribution < 1.29 is 4.79 Å². The Balaban J connectivity index is 2.63. The predicted molar refractivity (Wildman–Crippen MR) is 68.4 cm³/mol. The Hall–Kier alpha value is -0.530. The quantitative estimate of drug-likeness (QED) is 0.700. The van der Waals surface area contributed by atoms with E-state index in [1.54, 1.807) is 0 Å². The van der Waals surface area contributed by atoms with Gasteiger partial charge in [-0.15, -0.1) is 0 Å². The Labute approximate surface area is 100 Å². The van der Waals surface area contributed by atoms with E-state index in [0.29, 0.717) is 5.91 Å². The van der Waals surface area contributed by atoms with Gasteiger partial charge in [0.2, 0.25) is 5.91 Å². The molecule has 94 valence electrons. The molecule has 0 aromatic heterocycles. The molecule has 1 aliphatic carbocycles. The Morgan fingerprint density at radius 2 is 1.56 bits per heavy atom. The number of carbonyl (C=O) groups excluding carboxylic acids is 1. The van der Waals surface area contributed by atoms with E-state index in [-0.39, 0.29) is 5.41 Å². The molecule has 0 heterocycles. The van der Waals surface area contributed by atoms with Gasteiger partial charge < -0.3 is 4.90 Å². The van der Waals surface area contributed by atoms with E-state index in [0.717, 1.165) is 38.8 Å². The predicted octanol–water partition coefficient (Wildman–Crippen LogP) is 3.61. The third-order valence-electron chi connectivity index (χ3n) is 3.75. The van der Waals surface area contributed by atoms with Gasteiger partial charge >= 0.3 is 0 Å². The minimum Gasteiger partial charge on any atom is -0.342 e. The molecule has 1 amide bonds. The fourth-order valence-electron chi connectivity index (χ4n) is 2.78. The molecular weight excluding hydrogens is 198 g/mol. The van der Waals surface area contributed by atoms with Crippen LogP contribution in [0.3, 0.4) is 0 Å². The summed E-state index contributed by atoms with van der Waals surface area (Å²) in [4.78, 5) is 14.6. The summed E-state index contributed by atoms with van der Waals surface area (Å²) in [6.45, 7) is 8.34. The van der Waals surface area contributed by atoms with Gasteiger partial charge in [0.15, 0.2) is 0 Å². The van der Waals surface area contributed by atoms with Crippen LogP contribution in [0.25, 0.3) is 0 Å². The summed E-state index contributed by atoms with van der Waals surface area (Å²) in [5.41, 5.74) is -0.0530. The highest BCUT2D eigenvalue weighted by molar-refractivity contribution is 5.82. The van der Waals surface area contributed by atoms with Crippen molar-refractivity contribution >= 4 is 5.91 Å². The summed E-state index contributed by atoms with van der Waals surface area (Å²) < 4.78 is 0. The van der Waals surface area contributed by atoms with Crippen molar-refractivity contribution in [3.8, 4) is 0 Å². The van der Waals surface area contributed by atoms with Crippen LogP contribution < -0.4 is 0 Å². The molecule has 0 N–H and O–H groups in total. The van der Waals surface area contributed by atoms with Crippen LogP contribution in [0, 0.1) is 5.41 Å². The van der Waals surface area contributed by atoms with E-state index in [9.17, 15) is 4.79 Å². The molecule has 0 atom stereocenters. The van der Waals surface area contributed by atoms with Crippen molar-refractivity contribution in [3.05, 3.63) is 0 Å².